The lowest BCUT2D eigenvalue weighted by molar-refractivity contribution is -0.139. The van der Waals surface area contributed by atoms with Gasteiger partial charge in [-0.1, -0.05) is 17.7 Å². The topological polar surface area (TPSA) is 81.3 Å². The fraction of sp³-hybridized carbons (Fsp3) is 0.412. The van der Waals surface area contributed by atoms with Gasteiger partial charge in [-0.3, -0.25) is 0 Å². The van der Waals surface area contributed by atoms with Gasteiger partial charge in [0.15, 0.2) is 0 Å². The molecule has 1 aliphatic rings. The first-order valence-corrected chi connectivity index (χ1v) is 9.62. The fourth-order valence-corrected chi connectivity index (χ4v) is 3.18. The van der Waals surface area contributed by atoms with Crippen molar-refractivity contribution in [2.24, 2.45) is 0 Å². The molecule has 0 radical (unpaired) electrons. The van der Waals surface area contributed by atoms with Crippen molar-refractivity contribution >= 4 is 29.3 Å². The van der Waals surface area contributed by atoms with Crippen LogP contribution in [0.15, 0.2) is 29.3 Å². The molecule has 3 rings (SSSR count). The van der Waals surface area contributed by atoms with Gasteiger partial charge in [-0.15, -0.1) is 11.8 Å². The average molecular weight is 422 g/mol. The van der Waals surface area contributed by atoms with Gasteiger partial charge in [-0.05, 0) is 31.2 Å². The maximum atomic E-state index is 13.0. The predicted molar refractivity (Wildman–Crippen MR) is 99.7 cm³/mol. The standard InChI is InChI=1S/C12H9ClF3N3S.C5H10O2/c1-20-9-3-2-6(4-7(9)12(14,15)16)10-8(13)5-18-11(17)19-10;6-5-2-1-3-7-4-5/h2-5H,1H3,(H2,17,18,19);5-6H,1-4H2. The number of ether oxygens (including phenoxy) is 1. The number of thioether (sulfide) groups is 1. The number of anilines is 1. The van der Waals surface area contributed by atoms with E-state index in [-0.39, 0.29) is 33.2 Å². The molecule has 1 saturated heterocycles. The minimum absolute atomic E-state index is 0.0492. The molecule has 2 aromatic rings. The number of alkyl halides is 3. The highest BCUT2D eigenvalue weighted by atomic mass is 35.5. The van der Waals surface area contributed by atoms with Crippen LogP contribution in [0.4, 0.5) is 19.1 Å². The third kappa shape index (κ3) is 6.24. The van der Waals surface area contributed by atoms with Crippen LogP contribution in [0.1, 0.15) is 18.4 Å². The smallest absolute Gasteiger partial charge is 0.391 e. The van der Waals surface area contributed by atoms with Crippen molar-refractivity contribution in [3.8, 4) is 11.3 Å². The van der Waals surface area contributed by atoms with Crippen molar-refractivity contribution in [1.29, 1.82) is 0 Å². The number of rotatable bonds is 2. The summed E-state index contributed by atoms with van der Waals surface area (Å²) in [6.45, 7) is 1.37. The Bertz CT molecular complexity index is 772. The van der Waals surface area contributed by atoms with Crippen molar-refractivity contribution in [3.63, 3.8) is 0 Å². The third-order valence-electron chi connectivity index (χ3n) is 3.68. The van der Waals surface area contributed by atoms with E-state index in [4.69, 9.17) is 27.2 Å². The first kappa shape index (κ1) is 21.7. The molecule has 10 heteroatoms. The number of aliphatic hydroxyl groups excluding tert-OH is 1. The van der Waals surface area contributed by atoms with Crippen LogP contribution in [0, 0.1) is 0 Å². The lowest BCUT2D eigenvalue weighted by atomic mass is 10.1. The molecule has 1 aromatic carbocycles. The summed E-state index contributed by atoms with van der Waals surface area (Å²) < 4.78 is 44.0. The van der Waals surface area contributed by atoms with Crippen molar-refractivity contribution in [2.45, 2.75) is 30.0 Å². The van der Waals surface area contributed by atoms with Gasteiger partial charge in [0.2, 0.25) is 5.95 Å². The number of aromatic nitrogens is 2. The highest BCUT2D eigenvalue weighted by Gasteiger charge is 2.33. The summed E-state index contributed by atoms with van der Waals surface area (Å²) in [6, 6.07) is 3.92. The van der Waals surface area contributed by atoms with Gasteiger partial charge in [-0.25, -0.2) is 9.97 Å². The Morgan fingerprint density at radius 3 is 2.63 bits per heavy atom. The van der Waals surface area contributed by atoms with Crippen LogP contribution in [0.25, 0.3) is 11.3 Å². The molecular formula is C17H19ClF3N3O2S. The Kier molecular flexibility index (Phi) is 7.72. The molecule has 27 heavy (non-hydrogen) atoms. The number of nitrogens with two attached hydrogens (primary N) is 1. The molecule has 1 aromatic heterocycles. The summed E-state index contributed by atoms with van der Waals surface area (Å²) in [6.07, 6.45) is 0.142. The Morgan fingerprint density at radius 2 is 2.11 bits per heavy atom. The number of benzene rings is 1. The minimum Gasteiger partial charge on any atom is -0.391 e. The molecule has 3 N–H and O–H groups in total. The number of aliphatic hydroxyl groups is 1. The molecule has 0 aliphatic carbocycles. The zero-order chi connectivity index (χ0) is 20.0. The van der Waals surface area contributed by atoms with E-state index in [1.54, 1.807) is 6.26 Å². The Hall–Kier alpha value is -1.55. The number of hydrogen-bond acceptors (Lipinski definition) is 6. The summed E-state index contributed by atoms with van der Waals surface area (Å²) in [4.78, 5) is 7.70. The van der Waals surface area contributed by atoms with E-state index < -0.39 is 11.7 Å². The number of halogens is 4. The normalized spacial score (nSPS) is 17.2. The monoisotopic (exact) mass is 421 g/mol. The van der Waals surface area contributed by atoms with Crippen LogP contribution in [-0.2, 0) is 10.9 Å². The van der Waals surface area contributed by atoms with E-state index in [0.29, 0.717) is 6.61 Å². The molecule has 1 atom stereocenters. The van der Waals surface area contributed by atoms with Gasteiger partial charge >= 0.3 is 6.18 Å². The molecule has 0 amide bonds. The van der Waals surface area contributed by atoms with Crippen molar-refractivity contribution in [2.75, 3.05) is 25.2 Å². The second kappa shape index (κ2) is 9.59. The van der Waals surface area contributed by atoms with Crippen LogP contribution < -0.4 is 5.73 Å². The zero-order valence-corrected chi connectivity index (χ0v) is 16.0. The summed E-state index contributed by atoms with van der Waals surface area (Å²) in [5.41, 5.74) is 5.13. The number of nitrogen functional groups attached to an aromatic ring is 1. The van der Waals surface area contributed by atoms with E-state index in [0.717, 1.165) is 37.3 Å². The summed E-state index contributed by atoms with van der Waals surface area (Å²) in [5, 5.41) is 8.93. The first-order chi connectivity index (χ1) is 12.7. The Balaban J connectivity index is 0.000000313. The molecule has 0 saturated carbocycles. The second-order valence-corrected chi connectivity index (χ2v) is 6.96. The molecule has 1 fully saturated rings. The largest absolute Gasteiger partial charge is 0.417 e. The second-order valence-electron chi connectivity index (χ2n) is 5.71. The van der Waals surface area contributed by atoms with Crippen molar-refractivity contribution in [1.82, 2.24) is 9.97 Å². The molecule has 1 aliphatic heterocycles. The summed E-state index contributed by atoms with van der Waals surface area (Å²) in [5.74, 6) is -0.0492. The summed E-state index contributed by atoms with van der Waals surface area (Å²) >= 11 is 6.93. The van der Waals surface area contributed by atoms with Gasteiger partial charge in [0, 0.05) is 17.1 Å². The summed E-state index contributed by atoms with van der Waals surface area (Å²) in [7, 11) is 0. The predicted octanol–water partition coefficient (Wildman–Crippen LogP) is 4.28. The average Bonchev–Trinajstić information content (AvgIpc) is 2.63. The van der Waals surface area contributed by atoms with Gasteiger partial charge in [-0.2, -0.15) is 13.2 Å². The number of hydrogen-bond donors (Lipinski definition) is 2. The molecule has 148 valence electrons. The first-order valence-electron chi connectivity index (χ1n) is 8.01. The maximum absolute atomic E-state index is 13.0. The maximum Gasteiger partial charge on any atom is 0.417 e. The van der Waals surface area contributed by atoms with Gasteiger partial charge < -0.3 is 15.6 Å². The highest BCUT2D eigenvalue weighted by molar-refractivity contribution is 7.98. The molecular weight excluding hydrogens is 403 g/mol. The molecule has 2 heterocycles. The van der Waals surface area contributed by atoms with Crippen LogP contribution >= 0.6 is 23.4 Å². The SMILES string of the molecule is CSc1ccc(-c2nc(N)ncc2Cl)cc1C(F)(F)F.OC1CCCOC1. The van der Waals surface area contributed by atoms with Crippen molar-refractivity contribution < 1.29 is 23.0 Å². The minimum atomic E-state index is -4.45. The number of nitrogens with zero attached hydrogens (tertiary/aromatic N) is 2. The van der Waals surface area contributed by atoms with E-state index in [9.17, 15) is 13.2 Å². The van der Waals surface area contributed by atoms with Crippen LogP contribution in [0.5, 0.6) is 0 Å². The van der Waals surface area contributed by atoms with Gasteiger partial charge in [0.05, 0.1) is 35.2 Å². The molecule has 0 spiro atoms. The van der Waals surface area contributed by atoms with Gasteiger partial charge in [0.25, 0.3) is 0 Å². The lowest BCUT2D eigenvalue weighted by Gasteiger charge is -2.15. The van der Waals surface area contributed by atoms with E-state index >= 15 is 0 Å². The third-order valence-corrected chi connectivity index (χ3v) is 4.75. The van der Waals surface area contributed by atoms with E-state index in [1.165, 1.54) is 18.3 Å². The van der Waals surface area contributed by atoms with Crippen molar-refractivity contribution in [3.05, 3.63) is 35.0 Å². The lowest BCUT2D eigenvalue weighted by Crippen LogP contribution is -2.21. The molecule has 5 nitrogen and oxygen atoms in total. The van der Waals surface area contributed by atoms with E-state index in [2.05, 4.69) is 9.97 Å². The Morgan fingerprint density at radius 1 is 1.37 bits per heavy atom. The molecule has 0 bridgehead atoms. The van der Waals surface area contributed by atoms with Crippen LogP contribution in [0.3, 0.4) is 0 Å². The van der Waals surface area contributed by atoms with Crippen LogP contribution in [-0.4, -0.2) is 40.6 Å². The quantitative estimate of drug-likeness (QED) is 0.704. The zero-order valence-electron chi connectivity index (χ0n) is 14.5. The highest BCUT2D eigenvalue weighted by Crippen LogP contribution is 2.39. The Labute approximate surface area is 164 Å². The van der Waals surface area contributed by atoms with Crippen LogP contribution in [0.2, 0.25) is 5.02 Å². The van der Waals surface area contributed by atoms with Gasteiger partial charge in [0.1, 0.15) is 0 Å². The fourth-order valence-electron chi connectivity index (χ4n) is 2.38. The molecule has 1 unspecified atom stereocenters. The van der Waals surface area contributed by atoms with E-state index in [1.807, 2.05) is 0 Å².